The predicted octanol–water partition coefficient (Wildman–Crippen LogP) is 2.24. The number of hydrogen-bond donors (Lipinski definition) is 2. The van der Waals surface area contributed by atoms with E-state index in [0.29, 0.717) is 0 Å². The molecule has 2 saturated carbocycles. The third-order valence-corrected chi connectivity index (χ3v) is 4.10. The minimum Gasteiger partial charge on any atom is -0.480 e. The first kappa shape index (κ1) is 16.5. The van der Waals surface area contributed by atoms with E-state index in [4.69, 9.17) is 0 Å². The van der Waals surface area contributed by atoms with Gasteiger partial charge in [-0.25, -0.2) is 0 Å². The fraction of sp³-hybridized carbons (Fsp3) is 0.929. The summed E-state index contributed by atoms with van der Waals surface area (Å²) < 4.78 is 38.2. The van der Waals surface area contributed by atoms with Gasteiger partial charge < -0.3 is 5.11 Å². The number of nitrogens with one attached hydrogen (secondary N) is 1. The largest absolute Gasteiger partial charge is 0.480 e. The van der Waals surface area contributed by atoms with E-state index in [1.165, 1.54) is 4.90 Å². The third kappa shape index (κ3) is 4.32. The molecule has 1 unspecified atom stereocenters. The number of rotatable bonds is 8. The molecule has 2 rings (SSSR count). The average molecular weight is 308 g/mol. The first-order chi connectivity index (χ1) is 9.64. The molecule has 0 heterocycles. The van der Waals surface area contributed by atoms with Crippen molar-refractivity contribution >= 4 is 5.97 Å². The summed E-state index contributed by atoms with van der Waals surface area (Å²) in [6, 6.07) is -0.216. The summed E-state index contributed by atoms with van der Waals surface area (Å²) in [5, 5.41) is 12.7. The maximum absolute atomic E-state index is 12.7. The van der Waals surface area contributed by atoms with Crippen molar-refractivity contribution in [3.63, 3.8) is 0 Å². The number of aliphatic carboxylic acids is 1. The van der Waals surface area contributed by atoms with Gasteiger partial charge in [-0.2, -0.15) is 13.2 Å². The van der Waals surface area contributed by atoms with Crippen LogP contribution >= 0.6 is 0 Å². The second-order valence-corrected chi connectivity index (χ2v) is 6.60. The summed E-state index contributed by atoms with van der Waals surface area (Å²) in [6.07, 6.45) is -1.34. The standard InChI is InChI=1S/C14H23F3N2O2/c1-9(2)18-13(12(20)21,10-3-4-10)7-19(11-5-6-11)8-14(15,16)17/h9-11,18H,3-8H2,1-2H3,(H,20,21). The number of carboxylic acid groups (broad SMARTS) is 1. The van der Waals surface area contributed by atoms with Crippen molar-refractivity contribution in [1.29, 1.82) is 0 Å². The normalized spacial score (nSPS) is 22.6. The Bertz CT molecular complexity index is 392. The zero-order valence-corrected chi connectivity index (χ0v) is 12.4. The molecule has 2 aliphatic rings. The Morgan fingerprint density at radius 2 is 1.81 bits per heavy atom. The molecule has 2 N–H and O–H groups in total. The lowest BCUT2D eigenvalue weighted by atomic mass is 9.91. The topological polar surface area (TPSA) is 52.6 Å². The van der Waals surface area contributed by atoms with Crippen molar-refractivity contribution in [2.45, 2.75) is 63.3 Å². The fourth-order valence-corrected chi connectivity index (χ4v) is 2.99. The van der Waals surface area contributed by atoms with Crippen LogP contribution in [-0.2, 0) is 4.79 Å². The lowest BCUT2D eigenvalue weighted by molar-refractivity contribution is -0.159. The van der Waals surface area contributed by atoms with Crippen molar-refractivity contribution in [3.8, 4) is 0 Å². The summed E-state index contributed by atoms with van der Waals surface area (Å²) in [5.74, 6) is -1.11. The van der Waals surface area contributed by atoms with E-state index in [1.54, 1.807) is 0 Å². The van der Waals surface area contributed by atoms with Crippen LogP contribution in [0.15, 0.2) is 0 Å². The summed E-state index contributed by atoms with van der Waals surface area (Å²) in [5.41, 5.74) is -1.26. The van der Waals surface area contributed by atoms with E-state index < -0.39 is 24.2 Å². The molecule has 2 fully saturated rings. The number of alkyl halides is 3. The summed E-state index contributed by atoms with van der Waals surface area (Å²) in [6.45, 7) is 2.55. The van der Waals surface area contributed by atoms with E-state index >= 15 is 0 Å². The van der Waals surface area contributed by atoms with Crippen molar-refractivity contribution in [2.24, 2.45) is 5.92 Å². The highest BCUT2D eigenvalue weighted by molar-refractivity contribution is 5.80. The number of halogens is 3. The quantitative estimate of drug-likeness (QED) is 0.722. The fourth-order valence-electron chi connectivity index (χ4n) is 2.99. The number of carboxylic acids is 1. The Kier molecular flexibility index (Phi) is 4.54. The van der Waals surface area contributed by atoms with Crippen LogP contribution in [0.5, 0.6) is 0 Å². The minimum atomic E-state index is -4.30. The molecule has 0 radical (unpaired) electrons. The van der Waals surface area contributed by atoms with Gasteiger partial charge >= 0.3 is 12.1 Å². The van der Waals surface area contributed by atoms with Crippen LogP contribution in [0, 0.1) is 5.92 Å². The summed E-state index contributed by atoms with van der Waals surface area (Å²) in [7, 11) is 0. The Labute approximate surface area is 122 Å². The van der Waals surface area contributed by atoms with Crippen LogP contribution in [0.4, 0.5) is 13.2 Å². The van der Waals surface area contributed by atoms with E-state index in [1.807, 2.05) is 13.8 Å². The van der Waals surface area contributed by atoms with Gasteiger partial charge in [-0.05, 0) is 45.4 Å². The van der Waals surface area contributed by atoms with Crippen LogP contribution < -0.4 is 5.32 Å². The molecule has 0 aliphatic heterocycles. The van der Waals surface area contributed by atoms with Gasteiger partial charge in [0.05, 0.1) is 6.54 Å². The second-order valence-electron chi connectivity index (χ2n) is 6.60. The van der Waals surface area contributed by atoms with Crippen molar-refractivity contribution in [2.75, 3.05) is 13.1 Å². The average Bonchev–Trinajstić information content (AvgIpc) is 3.13. The van der Waals surface area contributed by atoms with E-state index in [2.05, 4.69) is 5.32 Å². The smallest absolute Gasteiger partial charge is 0.401 e. The zero-order valence-electron chi connectivity index (χ0n) is 12.4. The van der Waals surface area contributed by atoms with Gasteiger partial charge in [0.2, 0.25) is 0 Å². The molecule has 0 aromatic heterocycles. The monoisotopic (exact) mass is 308 g/mol. The number of hydrogen-bond acceptors (Lipinski definition) is 3. The highest BCUT2D eigenvalue weighted by Gasteiger charge is 2.54. The first-order valence-electron chi connectivity index (χ1n) is 7.46. The molecule has 21 heavy (non-hydrogen) atoms. The van der Waals surface area contributed by atoms with E-state index in [0.717, 1.165) is 25.7 Å². The molecular formula is C14H23F3N2O2. The molecule has 0 spiro atoms. The Morgan fingerprint density at radius 3 is 2.14 bits per heavy atom. The summed E-state index contributed by atoms with van der Waals surface area (Å²) >= 11 is 0. The maximum atomic E-state index is 12.7. The Morgan fingerprint density at radius 1 is 1.24 bits per heavy atom. The Hall–Kier alpha value is -0.820. The molecule has 0 saturated heterocycles. The van der Waals surface area contributed by atoms with E-state index in [9.17, 15) is 23.1 Å². The van der Waals surface area contributed by atoms with Gasteiger partial charge in [-0.3, -0.25) is 15.0 Å². The minimum absolute atomic E-state index is 0.0741. The molecule has 7 heteroatoms. The predicted molar refractivity (Wildman–Crippen MR) is 72.0 cm³/mol. The van der Waals surface area contributed by atoms with Crippen LogP contribution in [0.3, 0.4) is 0 Å². The van der Waals surface area contributed by atoms with Gasteiger partial charge in [0, 0.05) is 18.6 Å². The number of carbonyl (C=O) groups is 1. The molecule has 4 nitrogen and oxygen atoms in total. The van der Waals surface area contributed by atoms with Gasteiger partial charge in [0.25, 0.3) is 0 Å². The molecule has 1 atom stereocenters. The molecule has 2 aliphatic carbocycles. The molecular weight excluding hydrogens is 285 g/mol. The highest BCUT2D eigenvalue weighted by atomic mass is 19.4. The van der Waals surface area contributed by atoms with Gasteiger partial charge in [0.1, 0.15) is 5.54 Å². The van der Waals surface area contributed by atoms with Crippen LogP contribution in [-0.4, -0.2) is 52.9 Å². The molecule has 122 valence electrons. The number of nitrogens with zero attached hydrogens (tertiary/aromatic N) is 1. The SMILES string of the molecule is CC(C)NC(CN(CC(F)(F)F)C1CC1)(C(=O)O)C1CC1. The third-order valence-electron chi connectivity index (χ3n) is 4.10. The molecule has 0 bridgehead atoms. The van der Waals surface area contributed by atoms with Crippen LogP contribution in [0.1, 0.15) is 39.5 Å². The Balaban J connectivity index is 2.17. The molecule has 0 aromatic rings. The highest BCUT2D eigenvalue weighted by Crippen LogP contribution is 2.42. The first-order valence-corrected chi connectivity index (χ1v) is 7.46. The van der Waals surface area contributed by atoms with Crippen molar-refractivity contribution in [3.05, 3.63) is 0 Å². The lowest BCUT2D eigenvalue weighted by Gasteiger charge is -2.38. The van der Waals surface area contributed by atoms with E-state index in [-0.39, 0.29) is 24.5 Å². The van der Waals surface area contributed by atoms with Crippen molar-refractivity contribution in [1.82, 2.24) is 10.2 Å². The molecule has 0 amide bonds. The van der Waals surface area contributed by atoms with Gasteiger partial charge in [0.15, 0.2) is 0 Å². The second kappa shape index (κ2) is 5.76. The van der Waals surface area contributed by atoms with Crippen LogP contribution in [0.25, 0.3) is 0 Å². The zero-order chi connectivity index (χ0) is 15.8. The van der Waals surface area contributed by atoms with Crippen molar-refractivity contribution < 1.29 is 23.1 Å². The lowest BCUT2D eigenvalue weighted by Crippen LogP contribution is -2.63. The molecule has 0 aromatic carbocycles. The van der Waals surface area contributed by atoms with Gasteiger partial charge in [-0.15, -0.1) is 0 Å². The summed E-state index contributed by atoms with van der Waals surface area (Å²) in [4.78, 5) is 13.1. The van der Waals surface area contributed by atoms with Gasteiger partial charge in [-0.1, -0.05) is 0 Å². The maximum Gasteiger partial charge on any atom is 0.401 e. The van der Waals surface area contributed by atoms with Crippen LogP contribution in [0.2, 0.25) is 0 Å².